The minimum absolute atomic E-state index is 0.00262. The van der Waals surface area contributed by atoms with Crippen LogP contribution in [0.25, 0.3) is 0 Å². The maximum atomic E-state index is 12.7. The summed E-state index contributed by atoms with van der Waals surface area (Å²) in [6.45, 7) is 4.45. The van der Waals surface area contributed by atoms with Gasteiger partial charge in [0.25, 0.3) is 0 Å². The summed E-state index contributed by atoms with van der Waals surface area (Å²) in [5, 5.41) is 10.2. The van der Waals surface area contributed by atoms with Crippen molar-refractivity contribution in [2.24, 2.45) is 11.3 Å². The maximum Gasteiger partial charge on any atom is 0.228 e. The number of aliphatic hydroxyl groups excluding tert-OH is 1. The molecule has 0 aliphatic heterocycles. The van der Waals surface area contributed by atoms with Crippen LogP contribution < -0.4 is 0 Å². The van der Waals surface area contributed by atoms with E-state index in [9.17, 15) is 14.7 Å². The summed E-state index contributed by atoms with van der Waals surface area (Å²) in [6.07, 6.45) is 3.73. The molecule has 1 saturated carbocycles. The summed E-state index contributed by atoms with van der Waals surface area (Å²) in [5.74, 6) is -0.913. The van der Waals surface area contributed by atoms with Crippen molar-refractivity contribution < 1.29 is 14.7 Å². The normalized spacial score (nSPS) is 22.4. The molecule has 0 radical (unpaired) electrons. The van der Waals surface area contributed by atoms with Gasteiger partial charge in [0.1, 0.15) is 0 Å². The lowest BCUT2D eigenvalue weighted by Crippen LogP contribution is -2.30. The minimum Gasteiger partial charge on any atom is -0.504 e. The van der Waals surface area contributed by atoms with Gasteiger partial charge in [0.05, 0.1) is 0 Å². The number of carbonyl (C=O) groups is 2. The second kappa shape index (κ2) is 4.83. The Kier molecular flexibility index (Phi) is 3.23. The quantitative estimate of drug-likeness (QED) is 0.845. The van der Waals surface area contributed by atoms with Crippen LogP contribution >= 0.6 is 0 Å². The number of aliphatic hydroxyl groups is 1. The molecule has 1 N–H and O–H groups in total. The van der Waals surface area contributed by atoms with Crippen LogP contribution in [0.15, 0.2) is 35.6 Å². The number of hydrogen-bond donors (Lipinski definition) is 1. The summed E-state index contributed by atoms with van der Waals surface area (Å²) in [5.41, 5.74) is 1.38. The van der Waals surface area contributed by atoms with Crippen molar-refractivity contribution in [3.8, 4) is 0 Å². The van der Waals surface area contributed by atoms with Crippen molar-refractivity contribution in [2.75, 3.05) is 0 Å². The number of carbonyl (C=O) groups excluding carboxylic acids is 2. The minimum atomic E-state index is -0.412. The average Bonchev–Trinajstić information content (AvgIpc) is 2.47. The molecule has 1 fully saturated rings. The summed E-state index contributed by atoms with van der Waals surface area (Å²) < 4.78 is 0. The molecule has 0 saturated heterocycles. The van der Waals surface area contributed by atoms with Crippen LogP contribution in [0.3, 0.4) is 0 Å². The molecule has 2 aliphatic rings. The second-order valence-electron chi connectivity index (χ2n) is 6.90. The van der Waals surface area contributed by atoms with E-state index in [4.69, 9.17) is 0 Å². The molecule has 3 heteroatoms. The Bertz CT molecular complexity index is 642. The summed E-state index contributed by atoms with van der Waals surface area (Å²) in [7, 11) is 0. The third-order valence-electron chi connectivity index (χ3n) is 4.88. The molecule has 21 heavy (non-hydrogen) atoms. The lowest BCUT2D eigenvalue weighted by molar-refractivity contribution is 0.0906. The number of ketones is 2. The van der Waals surface area contributed by atoms with E-state index in [-0.39, 0.29) is 22.9 Å². The third kappa shape index (κ3) is 2.31. The van der Waals surface area contributed by atoms with Crippen molar-refractivity contribution in [3.05, 3.63) is 46.7 Å². The van der Waals surface area contributed by atoms with Gasteiger partial charge in [-0.2, -0.15) is 0 Å². The van der Waals surface area contributed by atoms with Crippen molar-refractivity contribution in [1.29, 1.82) is 0 Å². The van der Waals surface area contributed by atoms with Crippen molar-refractivity contribution >= 4 is 11.6 Å². The van der Waals surface area contributed by atoms with Gasteiger partial charge in [0.2, 0.25) is 5.78 Å². The van der Waals surface area contributed by atoms with Gasteiger partial charge in [-0.15, -0.1) is 0 Å². The zero-order valence-corrected chi connectivity index (χ0v) is 12.5. The Labute approximate surface area is 124 Å². The standard InChI is InChI=1S/C18H20O3/c1-18(2)9-7-11(8-10-18)14-15(19)12-5-3-4-6-13(12)16(20)17(14)21/h3-6,11,21H,7-10H2,1-2H3. The van der Waals surface area contributed by atoms with E-state index in [0.717, 1.165) is 25.7 Å². The van der Waals surface area contributed by atoms with Gasteiger partial charge in [0, 0.05) is 16.7 Å². The molecule has 110 valence electrons. The molecule has 3 rings (SSSR count). The average molecular weight is 284 g/mol. The third-order valence-corrected chi connectivity index (χ3v) is 4.88. The smallest absolute Gasteiger partial charge is 0.228 e. The molecule has 1 aromatic carbocycles. The highest BCUT2D eigenvalue weighted by Crippen LogP contribution is 2.43. The van der Waals surface area contributed by atoms with Crippen LogP contribution in [0.1, 0.15) is 60.2 Å². The molecule has 0 unspecified atom stereocenters. The van der Waals surface area contributed by atoms with Gasteiger partial charge in [-0.25, -0.2) is 0 Å². The Balaban J connectivity index is 1.98. The van der Waals surface area contributed by atoms with E-state index in [1.807, 2.05) is 0 Å². The number of Topliss-reactive ketones (excluding diaryl/α,β-unsaturated/α-hetero) is 2. The molecular weight excluding hydrogens is 264 g/mol. The predicted octanol–water partition coefficient (Wildman–Crippen LogP) is 4.09. The first kappa shape index (κ1) is 14.1. The fourth-order valence-electron chi connectivity index (χ4n) is 3.45. The molecule has 0 aromatic heterocycles. The van der Waals surface area contributed by atoms with E-state index in [0.29, 0.717) is 16.7 Å². The highest BCUT2D eigenvalue weighted by Gasteiger charge is 2.38. The number of fused-ring (bicyclic) bond motifs is 1. The lowest BCUT2D eigenvalue weighted by atomic mass is 9.68. The van der Waals surface area contributed by atoms with Crippen molar-refractivity contribution in [1.82, 2.24) is 0 Å². The first-order valence-electron chi connectivity index (χ1n) is 7.52. The maximum absolute atomic E-state index is 12.7. The van der Waals surface area contributed by atoms with Gasteiger partial charge in [-0.1, -0.05) is 38.1 Å². The fraction of sp³-hybridized carbons (Fsp3) is 0.444. The molecule has 0 atom stereocenters. The zero-order valence-electron chi connectivity index (χ0n) is 12.5. The largest absolute Gasteiger partial charge is 0.504 e. The zero-order chi connectivity index (χ0) is 15.2. The summed E-state index contributed by atoms with van der Waals surface area (Å²) >= 11 is 0. The summed E-state index contributed by atoms with van der Waals surface area (Å²) in [4.78, 5) is 24.9. The molecule has 0 bridgehead atoms. The fourth-order valence-corrected chi connectivity index (χ4v) is 3.45. The molecule has 1 aromatic rings. The highest BCUT2D eigenvalue weighted by atomic mass is 16.3. The van der Waals surface area contributed by atoms with Crippen LogP contribution in [-0.2, 0) is 0 Å². The van der Waals surface area contributed by atoms with Crippen LogP contribution in [0.5, 0.6) is 0 Å². The van der Waals surface area contributed by atoms with E-state index in [2.05, 4.69) is 13.8 Å². The van der Waals surface area contributed by atoms with Gasteiger partial charge >= 0.3 is 0 Å². The first-order valence-corrected chi connectivity index (χ1v) is 7.52. The molecule has 0 amide bonds. The van der Waals surface area contributed by atoms with Crippen molar-refractivity contribution in [3.63, 3.8) is 0 Å². The molecule has 3 nitrogen and oxygen atoms in total. The molecule has 2 aliphatic carbocycles. The van der Waals surface area contributed by atoms with Crippen LogP contribution in [0.2, 0.25) is 0 Å². The number of rotatable bonds is 1. The number of benzene rings is 1. The summed E-state index contributed by atoms with van der Waals surface area (Å²) in [6, 6.07) is 6.75. The van der Waals surface area contributed by atoms with E-state index in [1.165, 1.54) is 0 Å². The Hall–Kier alpha value is -1.90. The lowest BCUT2D eigenvalue weighted by Gasteiger charge is -2.35. The van der Waals surface area contributed by atoms with Gasteiger partial charge < -0.3 is 5.11 Å². The number of allylic oxidation sites excluding steroid dienone is 2. The number of hydrogen-bond acceptors (Lipinski definition) is 3. The Morgan fingerprint density at radius 1 is 1.00 bits per heavy atom. The monoisotopic (exact) mass is 284 g/mol. The topological polar surface area (TPSA) is 54.4 Å². The second-order valence-corrected chi connectivity index (χ2v) is 6.90. The van der Waals surface area contributed by atoms with E-state index in [1.54, 1.807) is 24.3 Å². The van der Waals surface area contributed by atoms with Gasteiger partial charge in [-0.3, -0.25) is 9.59 Å². The Morgan fingerprint density at radius 2 is 1.52 bits per heavy atom. The molecule has 0 heterocycles. The molecular formula is C18H20O3. The van der Waals surface area contributed by atoms with Gasteiger partial charge in [0.15, 0.2) is 11.5 Å². The first-order chi connectivity index (χ1) is 9.91. The van der Waals surface area contributed by atoms with E-state index >= 15 is 0 Å². The predicted molar refractivity (Wildman–Crippen MR) is 80.5 cm³/mol. The van der Waals surface area contributed by atoms with E-state index < -0.39 is 5.78 Å². The van der Waals surface area contributed by atoms with Gasteiger partial charge in [-0.05, 0) is 37.0 Å². The van der Waals surface area contributed by atoms with Crippen LogP contribution in [0, 0.1) is 11.3 Å². The highest BCUT2D eigenvalue weighted by molar-refractivity contribution is 6.26. The van der Waals surface area contributed by atoms with Crippen LogP contribution in [-0.4, -0.2) is 16.7 Å². The van der Waals surface area contributed by atoms with Crippen molar-refractivity contribution in [2.45, 2.75) is 39.5 Å². The van der Waals surface area contributed by atoms with Crippen LogP contribution in [0.4, 0.5) is 0 Å². The SMILES string of the molecule is CC1(C)CCC(C2=C(O)C(=O)c3ccccc3C2=O)CC1. The molecule has 0 spiro atoms. The Morgan fingerprint density at radius 3 is 2.10 bits per heavy atom.